The predicted octanol–water partition coefficient (Wildman–Crippen LogP) is 6.22. The minimum absolute atomic E-state index is 0.191. The van der Waals surface area contributed by atoms with Crippen molar-refractivity contribution in [1.82, 2.24) is 0 Å². The van der Waals surface area contributed by atoms with Crippen LogP contribution in [0.15, 0.2) is 80.3 Å². The Balaban J connectivity index is 1.72. The summed E-state index contributed by atoms with van der Waals surface area (Å²) in [7, 11) is -7.37. The fourth-order valence-electron chi connectivity index (χ4n) is 4.73. The van der Waals surface area contributed by atoms with E-state index < -0.39 is 30.5 Å². The molecule has 0 amide bonds. The Hall–Kier alpha value is -1.60. The largest absolute Gasteiger partial charge is 0.219 e. The van der Waals surface area contributed by atoms with Crippen molar-refractivity contribution in [1.29, 1.82) is 0 Å². The third-order valence-electron chi connectivity index (χ3n) is 6.65. The van der Waals surface area contributed by atoms with E-state index in [2.05, 4.69) is 0 Å². The monoisotopic (exact) mass is 496 g/mol. The molecule has 0 unspecified atom stereocenters. The molecule has 0 heterocycles. The van der Waals surface area contributed by atoms with Crippen LogP contribution in [0.3, 0.4) is 0 Å². The van der Waals surface area contributed by atoms with E-state index in [-0.39, 0.29) is 22.6 Å². The van der Waals surface area contributed by atoms with Crippen molar-refractivity contribution in [3.63, 3.8) is 0 Å². The number of benzene rings is 2. The third kappa shape index (κ3) is 3.58. The van der Waals surface area contributed by atoms with Crippen LogP contribution in [0, 0.1) is 10.8 Å². The summed E-state index contributed by atoms with van der Waals surface area (Å²) in [6.07, 6.45) is 4.70. The van der Waals surface area contributed by atoms with Crippen molar-refractivity contribution < 1.29 is 16.8 Å². The van der Waals surface area contributed by atoms with E-state index in [9.17, 15) is 16.8 Å². The van der Waals surface area contributed by atoms with E-state index in [0.717, 1.165) is 0 Å². The Morgan fingerprint density at radius 2 is 1.16 bits per heavy atom. The van der Waals surface area contributed by atoms with Crippen molar-refractivity contribution in [2.24, 2.45) is 10.8 Å². The lowest BCUT2D eigenvalue weighted by molar-refractivity contribution is 0.196. The highest BCUT2D eigenvalue weighted by atomic mass is 35.5. The molecule has 164 valence electrons. The summed E-state index contributed by atoms with van der Waals surface area (Å²) < 4.78 is 53.0. The molecular formula is C23H22Cl2O4S2. The van der Waals surface area contributed by atoms with Crippen molar-refractivity contribution in [3.8, 4) is 0 Å². The van der Waals surface area contributed by atoms with E-state index in [1.807, 2.05) is 13.8 Å². The van der Waals surface area contributed by atoms with Crippen LogP contribution in [0.1, 0.15) is 33.1 Å². The Morgan fingerprint density at radius 1 is 0.742 bits per heavy atom. The van der Waals surface area contributed by atoms with Gasteiger partial charge in [-0.2, -0.15) is 0 Å². The normalized spacial score (nSPS) is 25.8. The van der Waals surface area contributed by atoms with E-state index >= 15 is 0 Å². The number of hydrogen-bond acceptors (Lipinski definition) is 4. The lowest BCUT2D eigenvalue weighted by Gasteiger charge is -2.36. The molecule has 0 bridgehead atoms. The van der Waals surface area contributed by atoms with Gasteiger partial charge in [0.05, 0.1) is 9.79 Å². The Morgan fingerprint density at radius 3 is 1.55 bits per heavy atom. The van der Waals surface area contributed by atoms with E-state index in [1.165, 1.54) is 24.3 Å². The summed E-state index contributed by atoms with van der Waals surface area (Å²) in [5.74, 6) is 0. The summed E-state index contributed by atoms with van der Waals surface area (Å²) in [5, 5.41) is 0.932. The molecule has 2 atom stereocenters. The number of fused-ring (bicyclic) bond motifs is 1. The van der Waals surface area contributed by atoms with Crippen molar-refractivity contribution in [3.05, 3.63) is 80.5 Å². The van der Waals surface area contributed by atoms with Gasteiger partial charge in [0.15, 0.2) is 0 Å². The predicted molar refractivity (Wildman–Crippen MR) is 124 cm³/mol. The van der Waals surface area contributed by atoms with Gasteiger partial charge in [0, 0.05) is 30.7 Å². The van der Waals surface area contributed by atoms with Crippen LogP contribution in [0.5, 0.6) is 0 Å². The van der Waals surface area contributed by atoms with E-state index in [4.69, 9.17) is 23.2 Å². The molecule has 4 rings (SSSR count). The van der Waals surface area contributed by atoms with Gasteiger partial charge in [-0.1, -0.05) is 49.2 Å². The topological polar surface area (TPSA) is 68.3 Å². The number of hydrogen-bond donors (Lipinski definition) is 0. The van der Waals surface area contributed by atoms with Crippen LogP contribution >= 0.6 is 23.2 Å². The molecule has 8 heteroatoms. The average molecular weight is 497 g/mol. The maximum atomic E-state index is 13.2. The molecule has 0 saturated heterocycles. The third-order valence-corrected chi connectivity index (χ3v) is 10.8. The number of allylic oxidation sites excluding steroid dienone is 4. The van der Waals surface area contributed by atoms with E-state index in [0.29, 0.717) is 26.3 Å². The molecule has 31 heavy (non-hydrogen) atoms. The summed E-state index contributed by atoms with van der Waals surface area (Å²) in [4.78, 5) is 1.05. The van der Waals surface area contributed by atoms with Crippen LogP contribution in [0.25, 0.3) is 0 Å². The molecule has 2 aromatic carbocycles. The minimum Gasteiger partial charge on any atom is -0.219 e. The Bertz CT molecular complexity index is 1310. The first-order valence-electron chi connectivity index (χ1n) is 9.88. The maximum Gasteiger partial charge on any atom is 0.202 e. The Labute approximate surface area is 193 Å². The zero-order chi connectivity index (χ0) is 22.7. The molecule has 0 N–H and O–H groups in total. The number of halogens is 2. The maximum absolute atomic E-state index is 13.2. The minimum atomic E-state index is -3.68. The van der Waals surface area contributed by atoms with E-state index in [1.54, 1.807) is 36.4 Å². The van der Waals surface area contributed by atoms with Gasteiger partial charge in [-0.15, -0.1) is 0 Å². The fourth-order valence-corrected chi connectivity index (χ4v) is 8.31. The second-order valence-electron chi connectivity index (χ2n) is 8.42. The van der Waals surface area contributed by atoms with Crippen molar-refractivity contribution in [2.45, 2.75) is 42.9 Å². The van der Waals surface area contributed by atoms with Gasteiger partial charge in [0.2, 0.25) is 19.7 Å². The fraction of sp³-hybridized carbons (Fsp3) is 0.304. The highest BCUT2D eigenvalue weighted by molar-refractivity contribution is 7.95. The van der Waals surface area contributed by atoms with Gasteiger partial charge in [-0.25, -0.2) is 16.8 Å². The SMILES string of the molecule is CC[C@@]12C=C(S(=O)(=O)c3ccc(Cl)cc3)C[C@]1(C)C=C(S(=O)(=O)c1ccc(Cl)cc1)C2. The van der Waals surface area contributed by atoms with Crippen LogP contribution in [0.2, 0.25) is 10.0 Å². The van der Waals surface area contributed by atoms with Gasteiger partial charge in [0.1, 0.15) is 0 Å². The molecule has 4 nitrogen and oxygen atoms in total. The highest BCUT2D eigenvalue weighted by Gasteiger charge is 2.56. The molecule has 2 aliphatic carbocycles. The van der Waals surface area contributed by atoms with Gasteiger partial charge >= 0.3 is 0 Å². The highest BCUT2D eigenvalue weighted by Crippen LogP contribution is 2.63. The van der Waals surface area contributed by atoms with Gasteiger partial charge in [-0.05, 0) is 67.8 Å². The summed E-state index contributed by atoms with van der Waals surface area (Å²) in [6.45, 7) is 3.92. The zero-order valence-electron chi connectivity index (χ0n) is 17.1. The van der Waals surface area contributed by atoms with Crippen LogP contribution < -0.4 is 0 Å². The molecule has 0 radical (unpaired) electrons. The van der Waals surface area contributed by atoms with Crippen LogP contribution in [0.4, 0.5) is 0 Å². The molecule has 0 saturated carbocycles. The van der Waals surface area contributed by atoms with Gasteiger partial charge < -0.3 is 0 Å². The molecular weight excluding hydrogens is 475 g/mol. The van der Waals surface area contributed by atoms with Gasteiger partial charge in [0.25, 0.3) is 0 Å². The number of sulfone groups is 2. The zero-order valence-corrected chi connectivity index (χ0v) is 20.2. The quantitative estimate of drug-likeness (QED) is 0.492. The van der Waals surface area contributed by atoms with Crippen molar-refractivity contribution >= 4 is 42.9 Å². The summed E-state index contributed by atoms with van der Waals surface area (Å²) in [5.41, 5.74) is -1.18. The summed E-state index contributed by atoms with van der Waals surface area (Å²) in [6, 6.07) is 12.2. The smallest absolute Gasteiger partial charge is 0.202 e. The van der Waals surface area contributed by atoms with Gasteiger partial charge in [-0.3, -0.25) is 0 Å². The van der Waals surface area contributed by atoms with Crippen LogP contribution in [-0.4, -0.2) is 16.8 Å². The molecule has 0 fully saturated rings. The molecule has 2 aromatic rings. The molecule has 2 aliphatic rings. The first kappa shape index (κ1) is 22.6. The lowest BCUT2D eigenvalue weighted by atomic mass is 9.67. The Kier molecular flexibility index (Phi) is 5.45. The second kappa shape index (κ2) is 7.48. The molecule has 0 spiro atoms. The summed E-state index contributed by atoms with van der Waals surface area (Å²) >= 11 is 11.8. The average Bonchev–Trinajstić information content (AvgIpc) is 3.17. The standard InChI is InChI=1S/C23H22Cl2O4S2/c1-3-23-14-20(30(26,27)18-8-4-16(24)5-9-18)12-22(23,2)13-21(15-23)31(28,29)19-10-6-17(25)7-11-19/h4-12,15H,3,13-14H2,1-2H3/t22-,23+/m0/s1. The molecule has 0 aromatic heterocycles. The number of rotatable bonds is 5. The van der Waals surface area contributed by atoms with Crippen molar-refractivity contribution in [2.75, 3.05) is 0 Å². The van der Waals surface area contributed by atoms with Crippen LogP contribution in [-0.2, 0) is 19.7 Å². The molecule has 0 aliphatic heterocycles. The second-order valence-corrected chi connectivity index (χ2v) is 13.3. The first-order chi connectivity index (χ1) is 14.4. The lowest BCUT2D eigenvalue weighted by Crippen LogP contribution is -2.29. The first-order valence-corrected chi connectivity index (χ1v) is 13.6.